The summed E-state index contributed by atoms with van der Waals surface area (Å²) in [6.07, 6.45) is -9.60. The van der Waals surface area contributed by atoms with Crippen LogP contribution in [0.3, 0.4) is 0 Å². The van der Waals surface area contributed by atoms with Gasteiger partial charge in [-0.3, -0.25) is 9.36 Å². The van der Waals surface area contributed by atoms with E-state index in [1.807, 2.05) is 0 Å². The number of fused-ring (bicyclic) bond motifs is 2. The normalized spacial score (nSPS) is 12.6. The summed E-state index contributed by atoms with van der Waals surface area (Å²) in [4.78, 5) is 32.4. The fourth-order valence-corrected chi connectivity index (χ4v) is 3.37. The summed E-state index contributed by atoms with van der Waals surface area (Å²) in [6.45, 7) is -1.09. The molecule has 4 rings (SSSR count). The molecule has 7 nitrogen and oxygen atoms in total. The Morgan fingerprint density at radius 2 is 1.82 bits per heavy atom. The number of carbonyl (C=O) groups is 1. The van der Waals surface area contributed by atoms with Crippen molar-refractivity contribution in [2.45, 2.75) is 25.4 Å². The maximum Gasteiger partial charge on any atom is 0.420 e. The standard InChI is InChI=1S/C20H13F7N4O3/c1-30(7-14-28-11-4-2-9(19(22,23)24)6-12(11)29-14)15(32)8-31-17-13(34-18(31)33)5-3-10(16(17)21)20(25,26)27/h2-6H,7-8H2,1H3,(H,28,29). The van der Waals surface area contributed by atoms with Crippen LogP contribution in [0.15, 0.2) is 39.5 Å². The van der Waals surface area contributed by atoms with Crippen LogP contribution in [0.1, 0.15) is 17.0 Å². The van der Waals surface area contributed by atoms with Gasteiger partial charge in [0.2, 0.25) is 5.91 Å². The number of H-pyrrole nitrogens is 1. The first kappa shape index (κ1) is 23.3. The first-order valence-electron chi connectivity index (χ1n) is 9.44. The number of carbonyl (C=O) groups excluding carboxylic acids is 1. The molecule has 4 aromatic rings. The van der Waals surface area contributed by atoms with Gasteiger partial charge in [0.15, 0.2) is 11.4 Å². The van der Waals surface area contributed by atoms with E-state index in [2.05, 4.69) is 9.97 Å². The van der Waals surface area contributed by atoms with Gasteiger partial charge in [0.05, 0.1) is 28.7 Å². The van der Waals surface area contributed by atoms with Gasteiger partial charge >= 0.3 is 18.1 Å². The Balaban J connectivity index is 1.58. The molecule has 0 unspecified atom stereocenters. The van der Waals surface area contributed by atoms with Crippen LogP contribution < -0.4 is 5.76 Å². The molecule has 1 amide bonds. The number of alkyl halides is 6. The number of nitrogens with zero attached hydrogens (tertiary/aromatic N) is 3. The van der Waals surface area contributed by atoms with E-state index < -0.39 is 58.6 Å². The van der Waals surface area contributed by atoms with E-state index in [0.29, 0.717) is 10.6 Å². The van der Waals surface area contributed by atoms with Crippen LogP contribution in [0.2, 0.25) is 0 Å². The zero-order valence-corrected chi connectivity index (χ0v) is 17.0. The molecule has 2 heterocycles. The predicted molar refractivity (Wildman–Crippen MR) is 103 cm³/mol. The van der Waals surface area contributed by atoms with Crippen LogP contribution in [-0.4, -0.2) is 32.4 Å². The molecule has 0 saturated heterocycles. The second-order valence-electron chi connectivity index (χ2n) is 7.39. The summed E-state index contributed by atoms with van der Waals surface area (Å²) in [5.74, 6) is -3.71. The van der Waals surface area contributed by atoms with Crippen molar-refractivity contribution >= 4 is 28.0 Å². The molecule has 2 aromatic heterocycles. The van der Waals surface area contributed by atoms with Gasteiger partial charge in [-0.2, -0.15) is 26.3 Å². The Kier molecular flexibility index (Phi) is 5.41. The van der Waals surface area contributed by atoms with Crippen molar-refractivity contribution in [3.8, 4) is 0 Å². The fourth-order valence-electron chi connectivity index (χ4n) is 3.37. The summed E-state index contributed by atoms with van der Waals surface area (Å²) in [5.41, 5.74) is -3.53. The number of aromatic nitrogens is 3. The number of hydrogen-bond acceptors (Lipinski definition) is 4. The molecule has 0 fully saturated rings. The van der Waals surface area contributed by atoms with Gasteiger partial charge in [-0.25, -0.2) is 14.2 Å². The van der Waals surface area contributed by atoms with Gasteiger partial charge in [0, 0.05) is 7.05 Å². The zero-order chi connectivity index (χ0) is 25.0. The molecular formula is C20H13F7N4O3. The highest BCUT2D eigenvalue weighted by Crippen LogP contribution is 2.34. The smallest absolute Gasteiger partial charge is 0.408 e. The van der Waals surface area contributed by atoms with E-state index in [1.165, 1.54) is 7.05 Å². The highest BCUT2D eigenvalue weighted by molar-refractivity contribution is 5.80. The number of likely N-dealkylation sites (N-methyl/N-ethyl adjacent to an activating group) is 1. The molecule has 14 heteroatoms. The number of hydrogen-bond donors (Lipinski definition) is 1. The number of rotatable bonds is 4. The van der Waals surface area contributed by atoms with Crippen LogP contribution in [0.25, 0.3) is 22.1 Å². The van der Waals surface area contributed by atoms with Crippen LogP contribution in [0.5, 0.6) is 0 Å². The van der Waals surface area contributed by atoms with Crippen LogP contribution >= 0.6 is 0 Å². The lowest BCUT2D eigenvalue weighted by Gasteiger charge is -2.16. The number of amides is 1. The predicted octanol–water partition coefficient (Wildman–Crippen LogP) is 4.31. The maximum atomic E-state index is 14.5. The van der Waals surface area contributed by atoms with Crippen molar-refractivity contribution in [3.05, 3.63) is 63.7 Å². The molecule has 0 spiro atoms. The van der Waals surface area contributed by atoms with Gasteiger partial charge in [0.1, 0.15) is 17.9 Å². The van der Waals surface area contributed by atoms with Crippen molar-refractivity contribution in [3.63, 3.8) is 0 Å². The second kappa shape index (κ2) is 7.88. The molecule has 34 heavy (non-hydrogen) atoms. The molecule has 0 aliphatic heterocycles. The lowest BCUT2D eigenvalue weighted by Crippen LogP contribution is -2.32. The van der Waals surface area contributed by atoms with E-state index in [-0.39, 0.29) is 23.4 Å². The number of oxazole rings is 1. The van der Waals surface area contributed by atoms with Crippen LogP contribution in [-0.2, 0) is 30.2 Å². The van der Waals surface area contributed by atoms with Gasteiger partial charge in [-0.15, -0.1) is 0 Å². The van der Waals surface area contributed by atoms with Crippen LogP contribution in [0.4, 0.5) is 30.7 Å². The Hall–Kier alpha value is -3.84. The highest BCUT2D eigenvalue weighted by atomic mass is 19.4. The third-order valence-corrected chi connectivity index (χ3v) is 5.04. The summed E-state index contributed by atoms with van der Waals surface area (Å²) >= 11 is 0. The SMILES string of the molecule is CN(Cc1nc2ccc(C(F)(F)F)cc2[nH]1)C(=O)Cn1c(=O)oc2ccc(C(F)(F)F)c(F)c21. The minimum Gasteiger partial charge on any atom is -0.408 e. The summed E-state index contributed by atoms with van der Waals surface area (Å²) in [6, 6.07) is 4.05. The summed E-state index contributed by atoms with van der Waals surface area (Å²) in [7, 11) is 1.27. The molecule has 180 valence electrons. The molecule has 0 aliphatic carbocycles. The molecule has 0 atom stereocenters. The lowest BCUT2D eigenvalue weighted by atomic mass is 10.2. The van der Waals surface area contributed by atoms with Gasteiger partial charge in [-0.1, -0.05) is 0 Å². The molecule has 0 saturated carbocycles. The fraction of sp³-hybridized carbons (Fsp3) is 0.250. The number of nitrogens with one attached hydrogen (secondary N) is 1. The van der Waals surface area contributed by atoms with E-state index in [9.17, 15) is 40.3 Å². The molecule has 0 radical (unpaired) electrons. The molecule has 1 N–H and O–H groups in total. The number of aromatic amines is 1. The molecular weight excluding hydrogens is 477 g/mol. The molecule has 2 aromatic carbocycles. The Bertz CT molecular complexity index is 1460. The second-order valence-corrected chi connectivity index (χ2v) is 7.39. The maximum absolute atomic E-state index is 14.5. The average Bonchev–Trinajstić information content (AvgIpc) is 3.26. The highest BCUT2D eigenvalue weighted by Gasteiger charge is 2.36. The van der Waals surface area contributed by atoms with E-state index in [1.54, 1.807) is 0 Å². The number of imidazole rings is 1. The lowest BCUT2D eigenvalue weighted by molar-refractivity contribution is -0.140. The molecule has 0 bridgehead atoms. The van der Waals surface area contributed by atoms with E-state index >= 15 is 0 Å². The Morgan fingerprint density at radius 1 is 1.12 bits per heavy atom. The monoisotopic (exact) mass is 490 g/mol. The van der Waals surface area contributed by atoms with Gasteiger partial charge < -0.3 is 14.3 Å². The first-order valence-corrected chi connectivity index (χ1v) is 9.44. The minimum atomic E-state index is -5.04. The first-order chi connectivity index (χ1) is 15.8. The topological polar surface area (TPSA) is 84.1 Å². The number of halogens is 7. The van der Waals surface area contributed by atoms with Crippen LogP contribution in [0, 0.1) is 5.82 Å². The zero-order valence-electron chi connectivity index (χ0n) is 17.0. The van der Waals surface area contributed by atoms with Crippen molar-refractivity contribution in [2.24, 2.45) is 0 Å². The van der Waals surface area contributed by atoms with Crippen molar-refractivity contribution in [2.75, 3.05) is 7.05 Å². The number of benzene rings is 2. The Labute approximate surface area is 184 Å². The Morgan fingerprint density at radius 3 is 2.47 bits per heavy atom. The van der Waals surface area contributed by atoms with Crippen molar-refractivity contribution < 1.29 is 39.9 Å². The average molecular weight is 490 g/mol. The van der Waals surface area contributed by atoms with Crippen molar-refractivity contribution in [1.29, 1.82) is 0 Å². The van der Waals surface area contributed by atoms with Crippen molar-refractivity contribution in [1.82, 2.24) is 19.4 Å². The third-order valence-electron chi connectivity index (χ3n) is 5.04. The van der Waals surface area contributed by atoms with Gasteiger partial charge in [0.25, 0.3) is 0 Å². The minimum absolute atomic E-state index is 0.0736. The third kappa shape index (κ3) is 4.22. The van der Waals surface area contributed by atoms with E-state index in [0.717, 1.165) is 29.2 Å². The quantitative estimate of drug-likeness (QED) is 0.433. The molecule has 0 aliphatic rings. The summed E-state index contributed by atoms with van der Waals surface area (Å²) < 4.78 is 97.4. The largest absolute Gasteiger partial charge is 0.420 e. The van der Waals surface area contributed by atoms with Gasteiger partial charge in [-0.05, 0) is 30.3 Å². The van der Waals surface area contributed by atoms with E-state index in [4.69, 9.17) is 4.42 Å². The summed E-state index contributed by atoms with van der Waals surface area (Å²) in [5, 5.41) is 0.